The maximum Gasteiger partial charge on any atom is 0.293 e. The van der Waals surface area contributed by atoms with Gasteiger partial charge in [-0.25, -0.2) is 0 Å². The number of carbonyl (C=O) groups excluding carboxylic acids is 1. The van der Waals surface area contributed by atoms with Crippen LogP contribution in [-0.4, -0.2) is 33.0 Å². The average molecular weight is 396 g/mol. The van der Waals surface area contributed by atoms with Gasteiger partial charge in [0.05, 0.1) is 4.92 Å². The number of aromatic nitrogens is 3. The molecule has 0 saturated carbocycles. The van der Waals surface area contributed by atoms with Gasteiger partial charge in [-0.3, -0.25) is 19.9 Å². The molecule has 0 radical (unpaired) electrons. The van der Waals surface area contributed by atoms with Crippen molar-refractivity contribution in [3.05, 3.63) is 64.3 Å². The summed E-state index contributed by atoms with van der Waals surface area (Å²) in [6, 6.07) is 7.29. The summed E-state index contributed by atoms with van der Waals surface area (Å²) < 4.78 is 5.42. The number of carbonyl (C=O) groups is 1. The number of pyridine rings is 1. The molecule has 2 N–H and O–H groups in total. The molecule has 1 unspecified atom stereocenters. The maximum absolute atomic E-state index is 11.8. The zero-order valence-corrected chi connectivity index (χ0v) is 16.1. The molecule has 0 aliphatic heterocycles. The number of rotatable bonds is 7. The van der Waals surface area contributed by atoms with E-state index in [-0.39, 0.29) is 22.9 Å². The van der Waals surface area contributed by atoms with E-state index < -0.39 is 16.9 Å². The van der Waals surface area contributed by atoms with Crippen LogP contribution < -0.4 is 10.6 Å². The minimum atomic E-state index is -0.539. The van der Waals surface area contributed by atoms with E-state index in [1.165, 1.54) is 25.2 Å². The monoisotopic (exact) mass is 396 g/mol. The normalized spacial score (nSPS) is 11.9. The van der Waals surface area contributed by atoms with Crippen molar-refractivity contribution < 1.29 is 14.2 Å². The fourth-order valence-electron chi connectivity index (χ4n) is 2.75. The summed E-state index contributed by atoms with van der Waals surface area (Å²) in [5, 5.41) is 21.1. The molecule has 0 aliphatic rings. The smallest absolute Gasteiger partial charge is 0.293 e. The topological polar surface area (TPSA) is 136 Å². The third-order valence-electron chi connectivity index (χ3n) is 4.31. The van der Waals surface area contributed by atoms with Crippen LogP contribution in [-0.2, 0) is 0 Å². The van der Waals surface area contributed by atoms with Crippen LogP contribution in [0.3, 0.4) is 0 Å². The predicted octanol–water partition coefficient (Wildman–Crippen LogP) is 3.21. The first-order valence-electron chi connectivity index (χ1n) is 8.91. The van der Waals surface area contributed by atoms with Gasteiger partial charge in [0.2, 0.25) is 11.7 Å². The number of nitro benzene ring substituents is 1. The lowest BCUT2D eigenvalue weighted by atomic mass is 10.0. The summed E-state index contributed by atoms with van der Waals surface area (Å²) in [6.07, 6.45) is 3.25. The molecule has 1 aromatic carbocycles. The molecule has 1 amide bonds. The summed E-state index contributed by atoms with van der Waals surface area (Å²) in [5.41, 5.74) is 0.984. The quantitative estimate of drug-likeness (QED) is 0.459. The minimum absolute atomic E-state index is 0.0149. The van der Waals surface area contributed by atoms with Crippen molar-refractivity contribution in [2.75, 3.05) is 12.4 Å². The predicted molar refractivity (Wildman–Crippen MR) is 105 cm³/mol. The summed E-state index contributed by atoms with van der Waals surface area (Å²) in [6.45, 7) is 3.86. The lowest BCUT2D eigenvalue weighted by Crippen LogP contribution is -2.20. The number of amides is 1. The first-order chi connectivity index (χ1) is 13.9. The molecule has 0 aliphatic carbocycles. The lowest BCUT2D eigenvalue weighted by Gasteiger charge is -2.19. The Labute approximate surface area is 166 Å². The van der Waals surface area contributed by atoms with Gasteiger partial charge in [-0.15, -0.1) is 0 Å². The van der Waals surface area contributed by atoms with E-state index in [1.54, 1.807) is 24.5 Å². The van der Waals surface area contributed by atoms with Gasteiger partial charge in [-0.2, -0.15) is 4.98 Å². The highest BCUT2D eigenvalue weighted by atomic mass is 16.6. The number of anilines is 1. The van der Waals surface area contributed by atoms with E-state index in [0.29, 0.717) is 11.7 Å². The van der Waals surface area contributed by atoms with Crippen LogP contribution in [0.5, 0.6) is 0 Å². The van der Waals surface area contributed by atoms with Gasteiger partial charge in [0.25, 0.3) is 11.6 Å². The second-order valence-electron chi connectivity index (χ2n) is 6.63. The van der Waals surface area contributed by atoms with E-state index in [1.807, 2.05) is 13.8 Å². The highest BCUT2D eigenvalue weighted by molar-refractivity contribution is 5.95. The Morgan fingerprint density at radius 2 is 1.93 bits per heavy atom. The number of nitro groups is 1. The van der Waals surface area contributed by atoms with Gasteiger partial charge >= 0.3 is 0 Å². The Hall–Kier alpha value is -3.82. The van der Waals surface area contributed by atoms with E-state index in [9.17, 15) is 14.9 Å². The Morgan fingerprint density at radius 3 is 2.55 bits per heavy atom. The molecule has 29 heavy (non-hydrogen) atoms. The summed E-state index contributed by atoms with van der Waals surface area (Å²) in [4.78, 5) is 31.2. The van der Waals surface area contributed by atoms with E-state index in [2.05, 4.69) is 25.8 Å². The van der Waals surface area contributed by atoms with Crippen LogP contribution in [0.4, 0.5) is 11.4 Å². The first-order valence-corrected chi connectivity index (χ1v) is 8.91. The third-order valence-corrected chi connectivity index (χ3v) is 4.31. The van der Waals surface area contributed by atoms with Gasteiger partial charge in [-0.1, -0.05) is 19.0 Å². The van der Waals surface area contributed by atoms with E-state index in [0.717, 1.165) is 5.56 Å². The van der Waals surface area contributed by atoms with Gasteiger partial charge in [0, 0.05) is 36.6 Å². The van der Waals surface area contributed by atoms with Crippen molar-refractivity contribution in [1.29, 1.82) is 0 Å². The van der Waals surface area contributed by atoms with Crippen LogP contribution in [0.2, 0.25) is 0 Å². The molecule has 2 heterocycles. The Kier molecular flexibility index (Phi) is 5.82. The van der Waals surface area contributed by atoms with Crippen LogP contribution in [0.15, 0.2) is 47.2 Å². The van der Waals surface area contributed by atoms with Gasteiger partial charge in [-0.05, 0) is 30.2 Å². The molecule has 3 rings (SSSR count). The Morgan fingerprint density at radius 1 is 1.21 bits per heavy atom. The summed E-state index contributed by atoms with van der Waals surface area (Å²) >= 11 is 0. The molecule has 1 atom stereocenters. The summed E-state index contributed by atoms with van der Waals surface area (Å²) in [5.74, 6) is 0.286. The largest absolute Gasteiger partial charge is 0.368 e. The fourth-order valence-corrected chi connectivity index (χ4v) is 2.75. The molecular weight excluding hydrogens is 376 g/mol. The number of nitrogens with one attached hydrogen (secondary N) is 2. The molecular formula is C19H20N6O4. The second kappa shape index (κ2) is 8.46. The van der Waals surface area contributed by atoms with Crippen molar-refractivity contribution in [2.24, 2.45) is 5.92 Å². The molecule has 0 fully saturated rings. The van der Waals surface area contributed by atoms with E-state index >= 15 is 0 Å². The molecule has 0 bridgehead atoms. The SMILES string of the molecule is CNC(=O)c1ccc(NC(c2nc(-c3ccncc3)no2)C(C)C)c([N+](=O)[O-])c1. The minimum Gasteiger partial charge on any atom is -0.368 e. The molecule has 3 aromatic rings. The van der Waals surface area contributed by atoms with E-state index in [4.69, 9.17) is 4.52 Å². The van der Waals surface area contributed by atoms with Gasteiger partial charge in [0.15, 0.2) is 0 Å². The molecule has 2 aromatic heterocycles. The zero-order valence-electron chi connectivity index (χ0n) is 16.1. The standard InChI is InChI=1S/C19H20N6O4/c1-11(2)16(19-23-17(24-29-19)12-6-8-21-9-7-12)22-14-5-4-13(18(26)20-3)10-15(14)25(27)28/h4-11,16,22H,1-3H3,(H,20,26). The number of nitrogens with zero attached hydrogens (tertiary/aromatic N) is 4. The van der Waals surface area contributed by atoms with Crippen molar-refractivity contribution in [3.63, 3.8) is 0 Å². The van der Waals surface area contributed by atoms with Crippen molar-refractivity contribution >= 4 is 17.3 Å². The number of hydrogen-bond acceptors (Lipinski definition) is 8. The second-order valence-corrected chi connectivity index (χ2v) is 6.63. The fraction of sp³-hybridized carbons (Fsp3) is 0.263. The Bertz CT molecular complexity index is 1020. The van der Waals surface area contributed by atoms with Crippen LogP contribution >= 0.6 is 0 Å². The average Bonchev–Trinajstić information content (AvgIpc) is 3.21. The summed E-state index contributed by atoms with van der Waals surface area (Å²) in [7, 11) is 1.46. The van der Waals surface area contributed by atoms with Crippen molar-refractivity contribution in [2.45, 2.75) is 19.9 Å². The lowest BCUT2D eigenvalue weighted by molar-refractivity contribution is -0.384. The van der Waals surface area contributed by atoms with Crippen LogP contribution in [0, 0.1) is 16.0 Å². The van der Waals surface area contributed by atoms with Crippen LogP contribution in [0.1, 0.15) is 36.1 Å². The molecule has 0 spiro atoms. The number of benzene rings is 1. The van der Waals surface area contributed by atoms with Gasteiger partial charge in [0.1, 0.15) is 11.7 Å². The van der Waals surface area contributed by atoms with Crippen molar-refractivity contribution in [3.8, 4) is 11.4 Å². The van der Waals surface area contributed by atoms with Crippen LogP contribution in [0.25, 0.3) is 11.4 Å². The first kappa shape index (κ1) is 19.9. The number of hydrogen-bond donors (Lipinski definition) is 2. The zero-order chi connectivity index (χ0) is 21.0. The van der Waals surface area contributed by atoms with Crippen molar-refractivity contribution in [1.82, 2.24) is 20.4 Å². The maximum atomic E-state index is 11.8. The van der Waals surface area contributed by atoms with Gasteiger partial charge < -0.3 is 15.2 Å². The highest BCUT2D eigenvalue weighted by Crippen LogP contribution is 2.32. The molecule has 0 saturated heterocycles. The molecule has 10 nitrogen and oxygen atoms in total. The molecule has 10 heteroatoms. The third kappa shape index (κ3) is 4.37. The highest BCUT2D eigenvalue weighted by Gasteiger charge is 2.26. The Balaban J connectivity index is 1.93. The molecule has 150 valence electrons.